The topological polar surface area (TPSA) is 39.1 Å². The molecule has 0 spiro atoms. The molecule has 1 saturated carbocycles. The van der Waals surface area contributed by atoms with E-state index in [2.05, 4.69) is 16.8 Å². The first kappa shape index (κ1) is 12.8. The maximum absolute atomic E-state index is 5.54. The number of fused-ring (bicyclic) bond motifs is 1. The molecule has 2 fully saturated rings. The van der Waals surface area contributed by atoms with Gasteiger partial charge < -0.3 is 14.6 Å². The first-order chi connectivity index (χ1) is 9.84. The highest BCUT2D eigenvalue weighted by molar-refractivity contribution is 5.25. The van der Waals surface area contributed by atoms with Crippen LogP contribution in [0.5, 0.6) is 0 Å². The average molecular weight is 275 g/mol. The van der Waals surface area contributed by atoms with Gasteiger partial charge in [-0.1, -0.05) is 0 Å². The summed E-state index contributed by atoms with van der Waals surface area (Å²) >= 11 is 0. The molecule has 0 radical (unpaired) electrons. The standard InChI is InChI=1S/C16H25N3O/c1-11(12-5-8-20-9-6-12)19-15-4-7-17-10-14(15)18-16(19)13-2-3-13/h11-13,17H,2-10H2,1H3. The van der Waals surface area contributed by atoms with E-state index in [0.29, 0.717) is 6.04 Å². The summed E-state index contributed by atoms with van der Waals surface area (Å²) in [5.41, 5.74) is 2.83. The van der Waals surface area contributed by atoms with Crippen molar-refractivity contribution in [1.82, 2.24) is 14.9 Å². The van der Waals surface area contributed by atoms with E-state index in [1.54, 1.807) is 0 Å². The van der Waals surface area contributed by atoms with Crippen LogP contribution in [0.15, 0.2) is 0 Å². The molecule has 20 heavy (non-hydrogen) atoms. The normalized spacial score (nSPS) is 25.4. The fourth-order valence-corrected chi connectivity index (χ4v) is 3.85. The highest BCUT2D eigenvalue weighted by Crippen LogP contribution is 2.43. The second-order valence-electron chi connectivity index (χ2n) is 6.62. The molecule has 0 amide bonds. The molecule has 1 aromatic rings. The Kier molecular flexibility index (Phi) is 3.31. The van der Waals surface area contributed by atoms with E-state index >= 15 is 0 Å². The molecule has 3 aliphatic rings. The van der Waals surface area contributed by atoms with Gasteiger partial charge in [-0.25, -0.2) is 4.98 Å². The van der Waals surface area contributed by atoms with E-state index in [9.17, 15) is 0 Å². The highest BCUT2D eigenvalue weighted by Gasteiger charge is 2.35. The Bertz CT molecular complexity index is 486. The number of ether oxygens (including phenoxy) is 1. The van der Waals surface area contributed by atoms with Gasteiger partial charge in [0.1, 0.15) is 5.82 Å². The monoisotopic (exact) mass is 275 g/mol. The summed E-state index contributed by atoms with van der Waals surface area (Å²) in [5.74, 6) is 2.88. The Morgan fingerprint density at radius 1 is 1.25 bits per heavy atom. The summed E-state index contributed by atoms with van der Waals surface area (Å²) in [4.78, 5) is 5.00. The SMILES string of the molecule is CC(C1CCOCC1)n1c(C2CC2)nc2c1CCNC2. The number of rotatable bonds is 3. The summed E-state index contributed by atoms with van der Waals surface area (Å²) in [5, 5.41) is 3.46. The van der Waals surface area contributed by atoms with Crippen molar-refractivity contribution in [3.8, 4) is 0 Å². The molecule has 0 bridgehead atoms. The second-order valence-corrected chi connectivity index (χ2v) is 6.62. The molecular weight excluding hydrogens is 250 g/mol. The first-order valence-corrected chi connectivity index (χ1v) is 8.23. The van der Waals surface area contributed by atoms with Crippen LogP contribution in [0.4, 0.5) is 0 Å². The van der Waals surface area contributed by atoms with E-state index < -0.39 is 0 Å². The van der Waals surface area contributed by atoms with Crippen LogP contribution >= 0.6 is 0 Å². The number of hydrogen-bond acceptors (Lipinski definition) is 3. The summed E-state index contributed by atoms with van der Waals surface area (Å²) in [7, 11) is 0. The van der Waals surface area contributed by atoms with Crippen molar-refractivity contribution in [2.45, 2.75) is 57.5 Å². The Balaban J connectivity index is 1.69. The van der Waals surface area contributed by atoms with Crippen molar-refractivity contribution >= 4 is 0 Å². The predicted molar refractivity (Wildman–Crippen MR) is 77.9 cm³/mol. The molecule has 1 aliphatic carbocycles. The minimum Gasteiger partial charge on any atom is -0.381 e. The fourth-order valence-electron chi connectivity index (χ4n) is 3.85. The van der Waals surface area contributed by atoms with E-state index in [4.69, 9.17) is 9.72 Å². The molecule has 1 N–H and O–H groups in total. The molecule has 0 aromatic carbocycles. The first-order valence-electron chi connectivity index (χ1n) is 8.23. The van der Waals surface area contributed by atoms with Crippen molar-refractivity contribution in [1.29, 1.82) is 0 Å². The Morgan fingerprint density at radius 3 is 2.80 bits per heavy atom. The van der Waals surface area contributed by atoms with Crippen molar-refractivity contribution < 1.29 is 4.74 Å². The van der Waals surface area contributed by atoms with E-state index in [1.165, 1.54) is 42.9 Å². The van der Waals surface area contributed by atoms with Crippen LogP contribution in [0, 0.1) is 5.92 Å². The molecule has 1 saturated heterocycles. The number of nitrogens with zero attached hydrogens (tertiary/aromatic N) is 2. The molecule has 4 rings (SSSR count). The van der Waals surface area contributed by atoms with Crippen LogP contribution in [-0.4, -0.2) is 29.3 Å². The van der Waals surface area contributed by atoms with E-state index in [0.717, 1.165) is 44.6 Å². The molecule has 3 heterocycles. The molecular formula is C16H25N3O. The van der Waals surface area contributed by atoms with Gasteiger partial charge in [-0.15, -0.1) is 0 Å². The van der Waals surface area contributed by atoms with Crippen LogP contribution in [0.25, 0.3) is 0 Å². The summed E-state index contributed by atoms with van der Waals surface area (Å²) in [6, 6.07) is 0.587. The largest absolute Gasteiger partial charge is 0.381 e. The fraction of sp³-hybridized carbons (Fsp3) is 0.812. The third-order valence-corrected chi connectivity index (χ3v) is 5.25. The van der Waals surface area contributed by atoms with Gasteiger partial charge in [-0.2, -0.15) is 0 Å². The van der Waals surface area contributed by atoms with Crippen molar-refractivity contribution in [2.24, 2.45) is 5.92 Å². The van der Waals surface area contributed by atoms with Crippen LogP contribution < -0.4 is 5.32 Å². The van der Waals surface area contributed by atoms with Crippen molar-refractivity contribution in [3.63, 3.8) is 0 Å². The molecule has 110 valence electrons. The Morgan fingerprint density at radius 2 is 2.05 bits per heavy atom. The number of aromatic nitrogens is 2. The van der Waals surface area contributed by atoms with E-state index in [-0.39, 0.29) is 0 Å². The molecule has 4 heteroatoms. The molecule has 1 aromatic heterocycles. The zero-order valence-electron chi connectivity index (χ0n) is 12.4. The molecule has 1 atom stereocenters. The van der Waals surface area contributed by atoms with Crippen LogP contribution in [0.2, 0.25) is 0 Å². The number of imidazole rings is 1. The zero-order valence-corrected chi connectivity index (χ0v) is 12.4. The van der Waals surface area contributed by atoms with Crippen molar-refractivity contribution in [2.75, 3.05) is 19.8 Å². The maximum Gasteiger partial charge on any atom is 0.112 e. The summed E-state index contributed by atoms with van der Waals surface area (Å²) < 4.78 is 8.16. The van der Waals surface area contributed by atoms with Crippen molar-refractivity contribution in [3.05, 3.63) is 17.2 Å². The highest BCUT2D eigenvalue weighted by atomic mass is 16.5. The molecule has 2 aliphatic heterocycles. The third kappa shape index (κ3) is 2.19. The van der Waals surface area contributed by atoms with Crippen LogP contribution in [-0.2, 0) is 17.7 Å². The van der Waals surface area contributed by atoms with Gasteiger partial charge in [-0.05, 0) is 38.5 Å². The van der Waals surface area contributed by atoms with Gasteiger partial charge in [-0.3, -0.25) is 0 Å². The smallest absolute Gasteiger partial charge is 0.112 e. The minimum atomic E-state index is 0.587. The van der Waals surface area contributed by atoms with Crippen LogP contribution in [0.3, 0.4) is 0 Å². The lowest BCUT2D eigenvalue weighted by atomic mass is 9.92. The number of nitrogens with one attached hydrogen (secondary N) is 1. The summed E-state index contributed by atoms with van der Waals surface area (Å²) in [6.07, 6.45) is 6.23. The van der Waals surface area contributed by atoms with Gasteiger partial charge in [0, 0.05) is 50.4 Å². The predicted octanol–water partition coefficient (Wildman–Crippen LogP) is 2.39. The molecule has 1 unspecified atom stereocenters. The lowest BCUT2D eigenvalue weighted by Gasteiger charge is -2.31. The minimum absolute atomic E-state index is 0.587. The lowest BCUT2D eigenvalue weighted by molar-refractivity contribution is 0.0505. The van der Waals surface area contributed by atoms with Gasteiger partial charge in [0.15, 0.2) is 0 Å². The van der Waals surface area contributed by atoms with Gasteiger partial charge in [0.05, 0.1) is 5.69 Å². The number of hydrogen-bond donors (Lipinski definition) is 1. The van der Waals surface area contributed by atoms with Gasteiger partial charge >= 0.3 is 0 Å². The van der Waals surface area contributed by atoms with Crippen LogP contribution in [0.1, 0.15) is 61.8 Å². The third-order valence-electron chi connectivity index (χ3n) is 5.25. The van der Waals surface area contributed by atoms with Gasteiger partial charge in [0.2, 0.25) is 0 Å². The zero-order chi connectivity index (χ0) is 13.5. The average Bonchev–Trinajstić information content (AvgIpc) is 3.28. The molecule has 4 nitrogen and oxygen atoms in total. The second kappa shape index (κ2) is 5.15. The van der Waals surface area contributed by atoms with E-state index in [1.807, 2.05) is 0 Å². The Hall–Kier alpha value is -0.870. The maximum atomic E-state index is 5.54. The lowest BCUT2D eigenvalue weighted by Crippen LogP contribution is -2.29. The Labute approximate surface area is 120 Å². The summed E-state index contributed by atoms with van der Waals surface area (Å²) in [6.45, 7) is 6.34. The van der Waals surface area contributed by atoms with Gasteiger partial charge in [0.25, 0.3) is 0 Å². The quantitative estimate of drug-likeness (QED) is 0.920.